The summed E-state index contributed by atoms with van der Waals surface area (Å²) >= 11 is -4.57. The molecule has 1 aliphatic carbocycles. The molecule has 0 bridgehead atoms. The van der Waals surface area contributed by atoms with Crippen LogP contribution < -0.4 is 4.46 Å². The van der Waals surface area contributed by atoms with Crippen LogP contribution in [0.2, 0.25) is 0 Å². The predicted octanol–water partition coefficient (Wildman–Crippen LogP) is 2.11. The van der Waals surface area contributed by atoms with Crippen molar-refractivity contribution in [2.45, 2.75) is 56.4 Å². The fraction of sp³-hybridized carbons (Fsp3) is 0.579. The van der Waals surface area contributed by atoms with Crippen LogP contribution in [-0.2, 0) is 26.6 Å². The van der Waals surface area contributed by atoms with Gasteiger partial charge in [-0.15, -0.1) is 0 Å². The number of hydrogen-bond donors (Lipinski definition) is 0. The second-order valence-electron chi connectivity index (χ2n) is 6.99. The van der Waals surface area contributed by atoms with Crippen molar-refractivity contribution in [1.82, 2.24) is 0 Å². The van der Waals surface area contributed by atoms with Crippen molar-refractivity contribution in [1.29, 1.82) is 0 Å². The van der Waals surface area contributed by atoms with Crippen LogP contribution in [0.25, 0.3) is 0 Å². The molecule has 1 saturated carbocycles. The molecule has 2 aliphatic heterocycles. The predicted molar refractivity (Wildman–Crippen MR) is 93.6 cm³/mol. The maximum atomic E-state index is 13.0. The Morgan fingerprint density at radius 1 is 1.12 bits per heavy atom. The van der Waals surface area contributed by atoms with Gasteiger partial charge in [0.2, 0.25) is 0 Å². The Morgan fingerprint density at radius 2 is 1.85 bits per heavy atom. The van der Waals surface area contributed by atoms with Crippen LogP contribution in [0.1, 0.15) is 32.1 Å². The van der Waals surface area contributed by atoms with Crippen LogP contribution in [-0.4, -0.2) is 50.7 Å². The van der Waals surface area contributed by atoms with Gasteiger partial charge in [-0.2, -0.15) is 0 Å². The van der Waals surface area contributed by atoms with E-state index < -0.39 is 30.9 Å². The molecule has 0 aromatic heterocycles. The summed E-state index contributed by atoms with van der Waals surface area (Å²) in [4.78, 5) is 0. The summed E-state index contributed by atoms with van der Waals surface area (Å²) in [7, 11) is 1.45. The summed E-state index contributed by atoms with van der Waals surface area (Å²) in [6.07, 6.45) is 5.09. The molecule has 6 nitrogen and oxygen atoms in total. The fourth-order valence-corrected chi connectivity index (χ4v) is 7.06. The minimum atomic E-state index is -4.57. The summed E-state index contributed by atoms with van der Waals surface area (Å²) in [6, 6.07) is 8.43. The Balaban J connectivity index is 1.56. The molecule has 1 saturated heterocycles. The molecule has 0 radical (unpaired) electrons. The van der Waals surface area contributed by atoms with Gasteiger partial charge in [0.15, 0.2) is 0 Å². The Morgan fingerprint density at radius 3 is 2.54 bits per heavy atom. The van der Waals surface area contributed by atoms with Crippen LogP contribution >= 0.6 is 0 Å². The Kier molecular flexibility index (Phi) is 5.03. The molecular formula is C19H24O6Se. The van der Waals surface area contributed by atoms with Gasteiger partial charge in [0, 0.05) is 0 Å². The Bertz CT molecular complexity index is 766. The van der Waals surface area contributed by atoms with Gasteiger partial charge >= 0.3 is 155 Å². The van der Waals surface area contributed by atoms with Gasteiger partial charge in [-0.1, -0.05) is 0 Å². The molecule has 7 heteroatoms. The van der Waals surface area contributed by atoms with E-state index in [2.05, 4.69) is 0 Å². The molecule has 2 fully saturated rings. The molecular weight excluding hydrogens is 403 g/mol. The molecule has 1 spiro atoms. The van der Waals surface area contributed by atoms with Crippen molar-refractivity contribution >= 4 is 17.2 Å². The summed E-state index contributed by atoms with van der Waals surface area (Å²) in [5, 5.41) is 0. The Labute approximate surface area is 155 Å². The van der Waals surface area contributed by atoms with Gasteiger partial charge in [0.1, 0.15) is 0 Å². The Hall–Kier alpha value is -1.08. The third-order valence-corrected chi connectivity index (χ3v) is 9.14. The van der Waals surface area contributed by atoms with Crippen LogP contribution in [0.5, 0.6) is 0 Å². The van der Waals surface area contributed by atoms with Crippen LogP contribution in [0.4, 0.5) is 0 Å². The van der Waals surface area contributed by atoms with E-state index in [-0.39, 0.29) is 10.6 Å². The second kappa shape index (κ2) is 7.15. The SMILES string of the molecule is CO[C@@H]1O[C@H](C2COC3(CCCCC3)O2)C=C1[Se](=O)(=O)c1ccccc1. The summed E-state index contributed by atoms with van der Waals surface area (Å²) in [6.45, 7) is 0.407. The van der Waals surface area contributed by atoms with Crippen molar-refractivity contribution in [2.75, 3.05) is 13.7 Å². The molecule has 4 rings (SSSR count). The third kappa shape index (κ3) is 3.28. The number of rotatable bonds is 4. The topological polar surface area (TPSA) is 71.1 Å². The van der Waals surface area contributed by atoms with Crippen LogP contribution in [0.3, 0.4) is 0 Å². The van der Waals surface area contributed by atoms with Crippen molar-refractivity contribution in [3.05, 3.63) is 40.9 Å². The first-order valence-electron chi connectivity index (χ1n) is 9.06. The van der Waals surface area contributed by atoms with E-state index in [4.69, 9.17) is 18.9 Å². The van der Waals surface area contributed by atoms with Gasteiger partial charge in [-0.25, -0.2) is 0 Å². The summed E-state index contributed by atoms with van der Waals surface area (Å²) in [5.41, 5.74) is 0. The van der Waals surface area contributed by atoms with Crippen molar-refractivity contribution < 1.29 is 26.6 Å². The molecule has 1 aromatic rings. The quantitative estimate of drug-likeness (QED) is 0.686. The van der Waals surface area contributed by atoms with Gasteiger partial charge in [0.25, 0.3) is 0 Å². The van der Waals surface area contributed by atoms with E-state index in [1.807, 2.05) is 0 Å². The van der Waals surface area contributed by atoms with Crippen molar-refractivity contribution in [3.63, 3.8) is 0 Å². The van der Waals surface area contributed by atoms with Crippen LogP contribution in [0.15, 0.2) is 40.9 Å². The first-order valence-corrected chi connectivity index (χ1v) is 12.2. The van der Waals surface area contributed by atoms with Crippen molar-refractivity contribution in [3.8, 4) is 0 Å². The number of benzene rings is 1. The molecule has 0 N–H and O–H groups in total. The first kappa shape index (κ1) is 18.3. The molecule has 1 unspecified atom stereocenters. The molecule has 0 amide bonds. The zero-order valence-corrected chi connectivity index (χ0v) is 16.5. The van der Waals surface area contributed by atoms with Crippen molar-refractivity contribution in [2.24, 2.45) is 0 Å². The standard InChI is InChI=1S/C19H24O6Se/c1-22-18-17(26(20,21)14-8-4-2-5-9-14)12-15(24-18)16-13-23-19(25-16)10-6-3-7-11-19/h2,4-5,8-9,12,15-16,18H,3,6-7,10-11,13H2,1H3/t15-,16?,18+/m0/s1. The first-order chi connectivity index (χ1) is 12.5. The molecule has 26 heavy (non-hydrogen) atoms. The average molecular weight is 427 g/mol. The number of hydrogen-bond acceptors (Lipinski definition) is 6. The van der Waals surface area contributed by atoms with E-state index in [0.717, 1.165) is 25.7 Å². The van der Waals surface area contributed by atoms with Gasteiger partial charge in [-0.05, 0) is 0 Å². The summed E-state index contributed by atoms with van der Waals surface area (Å²) in [5.74, 6) is -0.518. The zero-order chi connectivity index (χ0) is 18.2. The van der Waals surface area contributed by atoms with E-state index in [1.54, 1.807) is 36.4 Å². The van der Waals surface area contributed by atoms with Crippen LogP contribution in [0, 0.1) is 0 Å². The molecule has 142 valence electrons. The third-order valence-electron chi connectivity index (χ3n) is 5.28. The number of ether oxygens (including phenoxy) is 4. The molecule has 3 aliphatic rings. The van der Waals surface area contributed by atoms with E-state index >= 15 is 0 Å². The maximum absolute atomic E-state index is 13.0. The number of methoxy groups -OCH3 is 1. The zero-order valence-electron chi connectivity index (χ0n) is 14.8. The minimum absolute atomic E-state index is 0.202. The normalized spacial score (nSPS) is 31.3. The van der Waals surface area contributed by atoms with Gasteiger partial charge in [0.05, 0.1) is 0 Å². The molecule has 2 heterocycles. The molecule has 1 aromatic carbocycles. The van der Waals surface area contributed by atoms with E-state index in [9.17, 15) is 7.67 Å². The second-order valence-corrected chi connectivity index (χ2v) is 11.1. The van der Waals surface area contributed by atoms with E-state index in [1.165, 1.54) is 13.5 Å². The molecule has 3 atom stereocenters. The summed E-state index contributed by atoms with van der Waals surface area (Å²) < 4.78 is 49.9. The van der Waals surface area contributed by atoms with E-state index in [0.29, 0.717) is 11.1 Å². The van der Waals surface area contributed by atoms with Gasteiger partial charge < -0.3 is 0 Å². The fourth-order valence-electron chi connectivity index (χ4n) is 3.90. The monoisotopic (exact) mass is 428 g/mol. The van der Waals surface area contributed by atoms with Gasteiger partial charge in [-0.3, -0.25) is 0 Å². The average Bonchev–Trinajstić information content (AvgIpc) is 3.28.